The predicted octanol–water partition coefficient (Wildman–Crippen LogP) is 2.49. The van der Waals surface area contributed by atoms with E-state index in [2.05, 4.69) is 0 Å². The molecule has 2 aliphatic rings. The summed E-state index contributed by atoms with van der Waals surface area (Å²) in [6.07, 6.45) is 11.3. The molecule has 4 nitrogen and oxygen atoms in total. The van der Waals surface area contributed by atoms with Crippen molar-refractivity contribution in [2.45, 2.75) is 70.6 Å². The molecule has 0 radical (unpaired) electrons. The second kappa shape index (κ2) is 6.59. The molecule has 0 bridgehead atoms. The summed E-state index contributed by atoms with van der Waals surface area (Å²) in [4.78, 5) is 24.0. The van der Waals surface area contributed by atoms with Gasteiger partial charge >= 0.3 is 0 Å². The van der Waals surface area contributed by atoms with Gasteiger partial charge in [-0.2, -0.15) is 0 Å². The zero-order valence-electron chi connectivity index (χ0n) is 12.4. The van der Waals surface area contributed by atoms with Gasteiger partial charge in [0.05, 0.1) is 5.41 Å². The van der Waals surface area contributed by atoms with Gasteiger partial charge in [0.1, 0.15) is 0 Å². The lowest BCUT2D eigenvalue weighted by atomic mass is 9.57. The highest BCUT2D eigenvalue weighted by Gasteiger charge is 2.50. The van der Waals surface area contributed by atoms with E-state index in [1.165, 1.54) is 12.8 Å². The molecule has 0 aromatic heterocycles. The number of hydrogen-bond acceptors (Lipinski definition) is 2. The lowest BCUT2D eigenvalue weighted by molar-refractivity contribution is -0.143. The van der Waals surface area contributed by atoms with Crippen LogP contribution in [0, 0.1) is 17.3 Å². The molecule has 0 heterocycles. The predicted molar refractivity (Wildman–Crippen MR) is 78.6 cm³/mol. The van der Waals surface area contributed by atoms with Crippen molar-refractivity contribution in [3.63, 3.8) is 0 Å². The van der Waals surface area contributed by atoms with E-state index < -0.39 is 5.41 Å². The van der Waals surface area contributed by atoms with Gasteiger partial charge in [-0.05, 0) is 37.5 Å². The quantitative estimate of drug-likeness (QED) is 0.810. The van der Waals surface area contributed by atoms with Gasteiger partial charge in [-0.25, -0.2) is 0 Å². The van der Waals surface area contributed by atoms with Crippen LogP contribution in [0.1, 0.15) is 70.6 Å². The highest BCUT2D eigenvalue weighted by Crippen LogP contribution is 2.50. The van der Waals surface area contributed by atoms with Crippen molar-refractivity contribution >= 4 is 11.8 Å². The molecule has 20 heavy (non-hydrogen) atoms. The molecule has 2 rings (SSSR count). The van der Waals surface area contributed by atoms with Crippen molar-refractivity contribution in [2.75, 3.05) is 0 Å². The van der Waals surface area contributed by atoms with E-state index in [1.807, 2.05) is 0 Å². The van der Waals surface area contributed by atoms with Gasteiger partial charge in [0.15, 0.2) is 0 Å². The number of carbonyl (C=O) groups is 2. The summed E-state index contributed by atoms with van der Waals surface area (Å²) in [6.45, 7) is 0. The summed E-state index contributed by atoms with van der Waals surface area (Å²) in [7, 11) is 0. The zero-order chi connectivity index (χ0) is 14.6. The van der Waals surface area contributed by atoms with E-state index in [4.69, 9.17) is 11.5 Å². The Balaban J connectivity index is 2.31. The van der Waals surface area contributed by atoms with Crippen LogP contribution >= 0.6 is 0 Å². The molecule has 0 unspecified atom stereocenters. The number of rotatable bonds is 5. The second-order valence-corrected chi connectivity index (χ2v) is 6.72. The Hall–Kier alpha value is -1.06. The van der Waals surface area contributed by atoms with Crippen LogP contribution < -0.4 is 11.5 Å². The van der Waals surface area contributed by atoms with Crippen LogP contribution in [0.25, 0.3) is 0 Å². The Morgan fingerprint density at radius 1 is 0.800 bits per heavy atom. The summed E-state index contributed by atoms with van der Waals surface area (Å²) in [5.41, 5.74) is 10.6. The molecule has 2 aliphatic carbocycles. The molecule has 4 heteroatoms. The van der Waals surface area contributed by atoms with E-state index in [-0.39, 0.29) is 30.1 Å². The van der Waals surface area contributed by atoms with Crippen LogP contribution in [0.4, 0.5) is 0 Å². The van der Waals surface area contributed by atoms with Crippen LogP contribution in [0.5, 0.6) is 0 Å². The Morgan fingerprint density at radius 2 is 1.20 bits per heavy atom. The molecule has 4 N–H and O–H groups in total. The second-order valence-electron chi connectivity index (χ2n) is 6.72. The minimum absolute atomic E-state index is 0.150. The Bertz CT molecular complexity index is 337. The van der Waals surface area contributed by atoms with Gasteiger partial charge in [-0.15, -0.1) is 0 Å². The van der Waals surface area contributed by atoms with Crippen molar-refractivity contribution in [3.8, 4) is 0 Å². The average molecular weight is 280 g/mol. The lowest BCUT2D eigenvalue weighted by Crippen LogP contribution is -2.52. The fraction of sp³-hybridized carbons (Fsp3) is 0.875. The molecule has 0 atom stereocenters. The van der Waals surface area contributed by atoms with Gasteiger partial charge in [0.2, 0.25) is 11.8 Å². The van der Waals surface area contributed by atoms with Crippen LogP contribution in [0.15, 0.2) is 0 Å². The number of hydrogen-bond donors (Lipinski definition) is 2. The maximum absolute atomic E-state index is 12.4. The highest BCUT2D eigenvalue weighted by atomic mass is 16.2. The Morgan fingerprint density at radius 3 is 1.50 bits per heavy atom. The van der Waals surface area contributed by atoms with Crippen LogP contribution in [0.3, 0.4) is 0 Å². The topological polar surface area (TPSA) is 86.2 Å². The molecule has 2 fully saturated rings. The summed E-state index contributed by atoms with van der Waals surface area (Å²) in [5.74, 6) is -0.149. The standard InChI is InChI=1S/C16H28N2O2/c17-14(19)11-16(15(18)20,12-7-3-1-4-8-12)13-9-5-2-6-10-13/h12-13H,1-11H2,(H2,17,19)(H2,18,20). The smallest absolute Gasteiger partial charge is 0.224 e. The van der Waals surface area contributed by atoms with Crippen LogP contribution in [-0.4, -0.2) is 11.8 Å². The van der Waals surface area contributed by atoms with E-state index in [9.17, 15) is 9.59 Å². The van der Waals surface area contributed by atoms with Gasteiger partial charge in [0, 0.05) is 6.42 Å². The van der Waals surface area contributed by atoms with Crippen LogP contribution in [-0.2, 0) is 9.59 Å². The minimum atomic E-state index is -0.674. The van der Waals surface area contributed by atoms with Crippen molar-refractivity contribution in [2.24, 2.45) is 28.7 Å². The van der Waals surface area contributed by atoms with Crippen molar-refractivity contribution in [3.05, 3.63) is 0 Å². The molecular formula is C16H28N2O2. The number of nitrogens with two attached hydrogens (primary N) is 2. The summed E-state index contributed by atoms with van der Waals surface area (Å²) in [6, 6.07) is 0. The van der Waals surface area contributed by atoms with Crippen molar-refractivity contribution in [1.29, 1.82) is 0 Å². The molecule has 0 aliphatic heterocycles. The van der Waals surface area contributed by atoms with E-state index in [1.54, 1.807) is 0 Å². The number of carbonyl (C=O) groups excluding carboxylic acids is 2. The highest BCUT2D eigenvalue weighted by molar-refractivity contribution is 5.88. The molecule has 114 valence electrons. The third kappa shape index (κ3) is 2.99. The first-order chi connectivity index (χ1) is 9.57. The average Bonchev–Trinajstić information content (AvgIpc) is 2.46. The molecule has 2 saturated carbocycles. The van der Waals surface area contributed by atoms with Gasteiger partial charge in [0.25, 0.3) is 0 Å². The van der Waals surface area contributed by atoms with Crippen molar-refractivity contribution < 1.29 is 9.59 Å². The Labute approximate surface area is 121 Å². The van der Waals surface area contributed by atoms with Crippen molar-refractivity contribution in [1.82, 2.24) is 0 Å². The van der Waals surface area contributed by atoms with Gasteiger partial charge < -0.3 is 11.5 Å². The lowest BCUT2D eigenvalue weighted by Gasteiger charge is -2.46. The third-order valence-electron chi connectivity index (χ3n) is 5.59. The van der Waals surface area contributed by atoms with Crippen LogP contribution in [0.2, 0.25) is 0 Å². The van der Waals surface area contributed by atoms with E-state index in [0.717, 1.165) is 51.4 Å². The summed E-state index contributed by atoms with van der Waals surface area (Å²) in [5, 5.41) is 0. The number of amides is 2. The van der Waals surface area contributed by atoms with Gasteiger partial charge in [-0.3, -0.25) is 9.59 Å². The largest absolute Gasteiger partial charge is 0.370 e. The maximum atomic E-state index is 12.4. The van der Waals surface area contributed by atoms with Gasteiger partial charge in [-0.1, -0.05) is 38.5 Å². The molecular weight excluding hydrogens is 252 g/mol. The summed E-state index contributed by atoms with van der Waals surface area (Å²) >= 11 is 0. The molecule has 0 aromatic rings. The Kier molecular flexibility index (Phi) is 5.06. The van der Waals surface area contributed by atoms with E-state index >= 15 is 0 Å². The molecule has 0 aromatic carbocycles. The minimum Gasteiger partial charge on any atom is -0.370 e. The fourth-order valence-corrected chi connectivity index (χ4v) is 4.64. The molecule has 2 amide bonds. The molecule has 0 saturated heterocycles. The van der Waals surface area contributed by atoms with E-state index in [0.29, 0.717) is 0 Å². The molecule has 0 spiro atoms. The zero-order valence-corrected chi connectivity index (χ0v) is 12.4. The maximum Gasteiger partial charge on any atom is 0.224 e. The fourth-order valence-electron chi connectivity index (χ4n) is 4.64. The first-order valence-corrected chi connectivity index (χ1v) is 8.15. The number of primary amides is 2. The third-order valence-corrected chi connectivity index (χ3v) is 5.59. The monoisotopic (exact) mass is 280 g/mol. The first kappa shape index (κ1) is 15.3. The normalized spacial score (nSPS) is 22.6. The first-order valence-electron chi connectivity index (χ1n) is 8.15. The SMILES string of the molecule is NC(=O)CC(C(N)=O)(C1CCCCC1)C1CCCCC1. The summed E-state index contributed by atoms with van der Waals surface area (Å²) < 4.78 is 0.